The van der Waals surface area contributed by atoms with E-state index in [1.807, 2.05) is 0 Å². The summed E-state index contributed by atoms with van der Waals surface area (Å²) in [5, 5.41) is 0. The molecule has 1 aliphatic rings. The van der Waals surface area contributed by atoms with Crippen molar-refractivity contribution < 1.29 is 0 Å². The molecule has 0 radical (unpaired) electrons. The molecule has 0 bridgehead atoms. The van der Waals surface area contributed by atoms with Gasteiger partial charge in [-0.25, -0.2) is 0 Å². The molecular weight excluding hydrogens is 124 g/mol. The third kappa shape index (κ3) is 7.66. The van der Waals surface area contributed by atoms with Gasteiger partial charge in [-0.3, -0.25) is 0 Å². The largest absolute Gasteiger partial charge is 0.333 e. The third-order valence-corrected chi connectivity index (χ3v) is 1.40. The van der Waals surface area contributed by atoms with E-state index in [1.165, 1.54) is 32.7 Å². The van der Waals surface area contributed by atoms with E-state index in [9.17, 15) is 0 Å². The van der Waals surface area contributed by atoms with Crippen LogP contribution >= 0.6 is 0 Å². The fourth-order valence-electron chi connectivity index (χ4n) is 0.957. The highest BCUT2D eigenvalue weighted by Crippen LogP contribution is 2.14. The molecule has 0 spiro atoms. The van der Waals surface area contributed by atoms with Crippen LogP contribution in [0, 0.1) is 0 Å². The monoisotopic (exact) mass is 144 g/mol. The second-order valence-corrected chi connectivity index (χ2v) is 2.04. The Kier molecular flexibility index (Phi) is 14.1. The maximum absolute atomic E-state index is 5.53. The topological polar surface area (TPSA) is 52.0 Å². The first kappa shape index (κ1) is 12.3. The van der Waals surface area contributed by atoms with Crippen molar-refractivity contribution in [1.29, 1.82) is 0 Å². The summed E-state index contributed by atoms with van der Waals surface area (Å²) < 4.78 is 0. The van der Waals surface area contributed by atoms with Crippen LogP contribution in [0.15, 0.2) is 13.2 Å². The van der Waals surface area contributed by atoms with Crippen LogP contribution in [0.1, 0.15) is 25.7 Å². The summed E-state index contributed by atoms with van der Waals surface area (Å²) >= 11 is 0. The van der Waals surface area contributed by atoms with Crippen molar-refractivity contribution >= 4 is 0 Å². The lowest BCUT2D eigenvalue weighted by molar-refractivity contribution is 0.704. The van der Waals surface area contributed by atoms with E-state index in [4.69, 9.17) is 5.73 Å². The average Bonchev–Trinajstić information content (AvgIpc) is 2.48. The molecule has 1 fully saturated rings. The average molecular weight is 144 g/mol. The first-order valence-corrected chi connectivity index (χ1v) is 3.73. The van der Waals surface area contributed by atoms with Crippen molar-refractivity contribution in [2.75, 3.05) is 7.05 Å². The van der Waals surface area contributed by atoms with Crippen LogP contribution < -0.4 is 11.5 Å². The van der Waals surface area contributed by atoms with Crippen LogP contribution in [0.5, 0.6) is 0 Å². The zero-order chi connectivity index (χ0) is 8.41. The van der Waals surface area contributed by atoms with Gasteiger partial charge >= 0.3 is 0 Å². The summed E-state index contributed by atoms with van der Waals surface area (Å²) in [6.07, 6.45) is 5.25. The molecule has 0 aromatic carbocycles. The fourth-order valence-corrected chi connectivity index (χ4v) is 0.957. The van der Waals surface area contributed by atoms with Crippen LogP contribution in [0.2, 0.25) is 0 Å². The van der Waals surface area contributed by atoms with Crippen molar-refractivity contribution in [3.63, 3.8) is 0 Å². The summed E-state index contributed by atoms with van der Waals surface area (Å²) in [7, 11) is 1.50. The summed E-state index contributed by atoms with van der Waals surface area (Å²) in [5.41, 5.74) is 10.0. The molecule has 1 rings (SSSR count). The van der Waals surface area contributed by atoms with Crippen LogP contribution in [0.25, 0.3) is 0 Å². The Bertz CT molecular complexity index is 49.2. The number of hydrogen-bond acceptors (Lipinski definition) is 2. The second kappa shape index (κ2) is 11.5. The van der Waals surface area contributed by atoms with Gasteiger partial charge in [0, 0.05) is 6.04 Å². The van der Waals surface area contributed by atoms with Gasteiger partial charge in [0.15, 0.2) is 0 Å². The van der Waals surface area contributed by atoms with Crippen LogP contribution in [-0.4, -0.2) is 13.1 Å². The van der Waals surface area contributed by atoms with Crippen LogP contribution in [0.4, 0.5) is 0 Å². The highest BCUT2D eigenvalue weighted by Gasteiger charge is 2.07. The van der Waals surface area contributed by atoms with Crippen molar-refractivity contribution in [1.82, 2.24) is 0 Å². The third-order valence-electron chi connectivity index (χ3n) is 1.40. The van der Waals surface area contributed by atoms with Crippen molar-refractivity contribution in [3.8, 4) is 0 Å². The smallest absolute Gasteiger partial charge is 0.00388 e. The van der Waals surface area contributed by atoms with Gasteiger partial charge in [-0.05, 0) is 19.9 Å². The molecule has 62 valence electrons. The van der Waals surface area contributed by atoms with Crippen LogP contribution in [-0.2, 0) is 0 Å². The quantitative estimate of drug-likeness (QED) is 0.503. The van der Waals surface area contributed by atoms with Crippen molar-refractivity contribution in [3.05, 3.63) is 13.2 Å². The first-order valence-electron chi connectivity index (χ1n) is 3.73. The molecule has 10 heavy (non-hydrogen) atoms. The minimum absolute atomic E-state index is 0.546. The van der Waals surface area contributed by atoms with Gasteiger partial charge in [0.25, 0.3) is 0 Å². The maximum atomic E-state index is 5.53. The van der Waals surface area contributed by atoms with E-state index in [2.05, 4.69) is 18.9 Å². The van der Waals surface area contributed by atoms with Gasteiger partial charge in [-0.2, -0.15) is 0 Å². The van der Waals surface area contributed by atoms with Crippen molar-refractivity contribution in [2.24, 2.45) is 11.5 Å². The summed E-state index contributed by atoms with van der Waals surface area (Å²) in [6.45, 7) is 6.00. The lowest BCUT2D eigenvalue weighted by Crippen LogP contribution is -2.13. The van der Waals surface area contributed by atoms with Crippen LogP contribution in [0.3, 0.4) is 0 Å². The van der Waals surface area contributed by atoms with Gasteiger partial charge in [0.2, 0.25) is 0 Å². The molecular formula is C8H20N2. The van der Waals surface area contributed by atoms with Gasteiger partial charge in [-0.15, -0.1) is 13.2 Å². The molecule has 1 aliphatic carbocycles. The molecule has 0 saturated heterocycles. The minimum atomic E-state index is 0.546. The summed E-state index contributed by atoms with van der Waals surface area (Å²) in [6, 6.07) is 0.546. The van der Waals surface area contributed by atoms with E-state index in [1.54, 1.807) is 0 Å². The van der Waals surface area contributed by atoms with Crippen molar-refractivity contribution in [2.45, 2.75) is 31.7 Å². The molecule has 1 saturated carbocycles. The molecule has 2 nitrogen and oxygen atoms in total. The summed E-state index contributed by atoms with van der Waals surface area (Å²) in [5.74, 6) is 0. The molecule has 4 N–H and O–H groups in total. The van der Waals surface area contributed by atoms with E-state index in [-0.39, 0.29) is 0 Å². The van der Waals surface area contributed by atoms with Gasteiger partial charge in [0.05, 0.1) is 0 Å². The number of hydrogen-bond donors (Lipinski definition) is 2. The Labute approximate surface area is 64.3 Å². The zero-order valence-corrected chi connectivity index (χ0v) is 6.97. The van der Waals surface area contributed by atoms with E-state index in [0.717, 1.165) is 0 Å². The maximum Gasteiger partial charge on any atom is 0.00388 e. The summed E-state index contributed by atoms with van der Waals surface area (Å²) in [4.78, 5) is 0. The highest BCUT2D eigenvalue weighted by molar-refractivity contribution is 4.67. The predicted molar refractivity (Wildman–Crippen MR) is 47.8 cm³/mol. The molecule has 0 atom stereocenters. The van der Waals surface area contributed by atoms with E-state index in [0.29, 0.717) is 6.04 Å². The lowest BCUT2D eigenvalue weighted by atomic mass is 10.3. The Hall–Kier alpha value is -0.340. The van der Waals surface area contributed by atoms with Gasteiger partial charge in [0.1, 0.15) is 0 Å². The standard InChI is InChI=1S/C5H11N.C2H4.CH5N/c6-5-3-1-2-4-5;2*1-2/h5H,1-4,6H2;1-2H2;2H2,1H3. The fraction of sp³-hybridized carbons (Fsp3) is 0.750. The normalized spacial score (nSPS) is 16.3. The molecule has 0 aromatic heterocycles. The Morgan fingerprint density at radius 3 is 1.50 bits per heavy atom. The predicted octanol–water partition coefficient (Wildman–Crippen LogP) is 1.26. The second-order valence-electron chi connectivity index (χ2n) is 2.04. The van der Waals surface area contributed by atoms with E-state index >= 15 is 0 Å². The lowest BCUT2D eigenvalue weighted by Gasteiger charge is -1.92. The Morgan fingerprint density at radius 2 is 1.40 bits per heavy atom. The molecule has 0 heterocycles. The highest BCUT2D eigenvalue weighted by atomic mass is 14.6. The molecule has 0 aromatic rings. The Morgan fingerprint density at radius 1 is 1.10 bits per heavy atom. The molecule has 0 unspecified atom stereocenters. The first-order chi connectivity index (χ1) is 4.89. The molecule has 0 aliphatic heterocycles. The Balaban J connectivity index is 0. The molecule has 0 amide bonds. The number of nitrogens with two attached hydrogens (primary N) is 2. The van der Waals surface area contributed by atoms with E-state index < -0.39 is 0 Å². The molecule has 2 heteroatoms. The van der Waals surface area contributed by atoms with Gasteiger partial charge < -0.3 is 11.5 Å². The zero-order valence-electron chi connectivity index (χ0n) is 6.97. The minimum Gasteiger partial charge on any atom is -0.333 e. The number of rotatable bonds is 0. The van der Waals surface area contributed by atoms with Gasteiger partial charge in [-0.1, -0.05) is 12.8 Å². The SMILES string of the molecule is C=C.CN.NC1CCCC1.